The van der Waals surface area contributed by atoms with Crippen LogP contribution < -0.4 is 5.32 Å². The fraction of sp³-hybridized carbons (Fsp3) is 0.385. The van der Waals surface area contributed by atoms with Crippen LogP contribution in [0.15, 0.2) is 30.5 Å². The molecule has 2 rings (SSSR count). The van der Waals surface area contributed by atoms with Gasteiger partial charge in [-0.1, -0.05) is 38.1 Å². The number of rotatable bonds is 5. The fourth-order valence-corrected chi connectivity index (χ4v) is 2.29. The lowest BCUT2D eigenvalue weighted by Gasteiger charge is -2.16. The van der Waals surface area contributed by atoms with E-state index in [-0.39, 0.29) is 6.04 Å². The van der Waals surface area contributed by atoms with E-state index >= 15 is 0 Å². The summed E-state index contributed by atoms with van der Waals surface area (Å²) < 4.78 is 8.40. The third-order valence-corrected chi connectivity index (χ3v) is 3.30. The molecular formula is C13H17N3S. The van der Waals surface area contributed by atoms with E-state index in [4.69, 9.17) is 0 Å². The van der Waals surface area contributed by atoms with E-state index in [2.05, 4.69) is 52.2 Å². The Morgan fingerprint density at radius 1 is 1.24 bits per heavy atom. The predicted octanol–water partition coefficient (Wildman–Crippen LogP) is 2.80. The van der Waals surface area contributed by atoms with Crippen molar-refractivity contribution in [3.05, 3.63) is 47.3 Å². The van der Waals surface area contributed by atoms with E-state index in [0.29, 0.717) is 0 Å². The molecule has 0 aliphatic heterocycles. The molecule has 1 aromatic heterocycles. The van der Waals surface area contributed by atoms with Gasteiger partial charge in [-0.2, -0.15) is 8.75 Å². The van der Waals surface area contributed by atoms with Gasteiger partial charge in [0, 0.05) is 0 Å². The monoisotopic (exact) mass is 247 g/mol. The van der Waals surface area contributed by atoms with Crippen LogP contribution in [0.4, 0.5) is 0 Å². The van der Waals surface area contributed by atoms with Gasteiger partial charge in [0.25, 0.3) is 0 Å². The summed E-state index contributed by atoms with van der Waals surface area (Å²) in [5.41, 5.74) is 3.61. The molecule has 1 N–H and O–H groups in total. The first-order valence-corrected chi connectivity index (χ1v) is 6.67. The van der Waals surface area contributed by atoms with Crippen LogP contribution in [-0.2, 0) is 6.42 Å². The SMILES string of the molecule is CCNC(c1ccc(CC)cc1)c1cnsn1. The van der Waals surface area contributed by atoms with Crippen LogP contribution in [0, 0.1) is 0 Å². The van der Waals surface area contributed by atoms with Gasteiger partial charge in [0.15, 0.2) is 0 Å². The number of hydrogen-bond donors (Lipinski definition) is 1. The highest BCUT2D eigenvalue weighted by Crippen LogP contribution is 2.21. The van der Waals surface area contributed by atoms with Gasteiger partial charge in [0.2, 0.25) is 0 Å². The lowest BCUT2D eigenvalue weighted by atomic mass is 10.0. The van der Waals surface area contributed by atoms with Crippen LogP contribution >= 0.6 is 11.7 Å². The first-order chi connectivity index (χ1) is 8.35. The van der Waals surface area contributed by atoms with Gasteiger partial charge in [0.05, 0.1) is 29.7 Å². The highest BCUT2D eigenvalue weighted by Gasteiger charge is 2.15. The summed E-state index contributed by atoms with van der Waals surface area (Å²) in [4.78, 5) is 0. The molecule has 17 heavy (non-hydrogen) atoms. The first kappa shape index (κ1) is 12.2. The lowest BCUT2D eigenvalue weighted by Crippen LogP contribution is -2.22. The van der Waals surface area contributed by atoms with E-state index in [1.807, 2.05) is 6.20 Å². The Balaban J connectivity index is 2.26. The second-order valence-corrected chi connectivity index (χ2v) is 4.47. The molecule has 1 aromatic carbocycles. The molecule has 0 saturated heterocycles. The molecule has 1 unspecified atom stereocenters. The smallest absolute Gasteiger partial charge is 0.0957 e. The molecule has 0 spiro atoms. The summed E-state index contributed by atoms with van der Waals surface area (Å²) in [5, 5.41) is 3.44. The zero-order valence-corrected chi connectivity index (χ0v) is 11.0. The Morgan fingerprint density at radius 2 is 2.00 bits per heavy atom. The van der Waals surface area contributed by atoms with Gasteiger partial charge in [0.1, 0.15) is 0 Å². The molecule has 0 aliphatic rings. The zero-order valence-electron chi connectivity index (χ0n) is 10.2. The summed E-state index contributed by atoms with van der Waals surface area (Å²) in [6, 6.07) is 8.86. The van der Waals surface area contributed by atoms with Crippen LogP contribution in [0.3, 0.4) is 0 Å². The summed E-state index contributed by atoms with van der Waals surface area (Å²) in [6.07, 6.45) is 2.91. The van der Waals surface area contributed by atoms with Gasteiger partial charge in [-0.15, -0.1) is 0 Å². The molecule has 0 amide bonds. The molecule has 0 saturated carbocycles. The average Bonchev–Trinajstić information content (AvgIpc) is 2.90. The van der Waals surface area contributed by atoms with Gasteiger partial charge in [-0.05, 0) is 24.1 Å². The molecule has 0 radical (unpaired) electrons. The summed E-state index contributed by atoms with van der Waals surface area (Å²) in [5.74, 6) is 0. The number of nitrogens with zero attached hydrogens (tertiary/aromatic N) is 2. The minimum atomic E-state index is 0.157. The Bertz CT molecular complexity index is 436. The van der Waals surface area contributed by atoms with Crippen molar-refractivity contribution in [2.24, 2.45) is 0 Å². The highest BCUT2D eigenvalue weighted by molar-refractivity contribution is 6.99. The van der Waals surface area contributed by atoms with E-state index in [9.17, 15) is 0 Å². The third-order valence-electron chi connectivity index (χ3n) is 2.80. The number of benzene rings is 1. The standard InChI is InChI=1S/C13H17N3S/c1-3-10-5-7-11(8-6-10)13(14-4-2)12-9-15-17-16-12/h5-9,13-14H,3-4H2,1-2H3. The molecule has 3 nitrogen and oxygen atoms in total. The molecule has 90 valence electrons. The number of aromatic nitrogens is 2. The number of hydrogen-bond acceptors (Lipinski definition) is 4. The molecule has 4 heteroatoms. The summed E-state index contributed by atoms with van der Waals surface area (Å²) in [6.45, 7) is 5.19. The highest BCUT2D eigenvalue weighted by atomic mass is 32.1. The van der Waals surface area contributed by atoms with Crippen LogP contribution in [0.25, 0.3) is 0 Å². The van der Waals surface area contributed by atoms with E-state index in [1.165, 1.54) is 22.9 Å². The van der Waals surface area contributed by atoms with Crippen molar-refractivity contribution in [2.75, 3.05) is 6.54 Å². The molecule has 2 aromatic rings. The van der Waals surface area contributed by atoms with E-state index < -0.39 is 0 Å². The van der Waals surface area contributed by atoms with Crippen LogP contribution in [0.5, 0.6) is 0 Å². The predicted molar refractivity (Wildman–Crippen MR) is 71.2 cm³/mol. The van der Waals surface area contributed by atoms with Crippen molar-refractivity contribution in [1.29, 1.82) is 0 Å². The minimum absolute atomic E-state index is 0.157. The van der Waals surface area contributed by atoms with Crippen LogP contribution in [0.1, 0.15) is 36.7 Å². The quantitative estimate of drug-likeness (QED) is 0.883. The maximum atomic E-state index is 4.32. The topological polar surface area (TPSA) is 37.8 Å². The maximum Gasteiger partial charge on any atom is 0.0957 e. The maximum absolute atomic E-state index is 4.32. The Labute approximate surface area is 106 Å². The largest absolute Gasteiger partial charge is 0.305 e. The first-order valence-electron chi connectivity index (χ1n) is 5.94. The number of nitrogens with one attached hydrogen (secondary N) is 1. The molecular weight excluding hydrogens is 230 g/mol. The number of aryl methyl sites for hydroxylation is 1. The summed E-state index contributed by atoms with van der Waals surface area (Å²) >= 11 is 1.26. The van der Waals surface area contributed by atoms with Crippen molar-refractivity contribution in [1.82, 2.24) is 14.1 Å². The average molecular weight is 247 g/mol. The molecule has 1 heterocycles. The van der Waals surface area contributed by atoms with Gasteiger partial charge in [-0.3, -0.25) is 0 Å². The fourth-order valence-electron chi connectivity index (χ4n) is 1.84. The van der Waals surface area contributed by atoms with Crippen molar-refractivity contribution in [3.8, 4) is 0 Å². The van der Waals surface area contributed by atoms with E-state index in [0.717, 1.165) is 18.7 Å². The van der Waals surface area contributed by atoms with Crippen molar-refractivity contribution in [2.45, 2.75) is 26.3 Å². The minimum Gasteiger partial charge on any atom is -0.305 e. The van der Waals surface area contributed by atoms with E-state index in [1.54, 1.807) is 0 Å². The van der Waals surface area contributed by atoms with Crippen molar-refractivity contribution in [3.63, 3.8) is 0 Å². The molecule has 0 fully saturated rings. The van der Waals surface area contributed by atoms with Crippen LogP contribution in [0.2, 0.25) is 0 Å². The van der Waals surface area contributed by atoms with Crippen LogP contribution in [-0.4, -0.2) is 15.3 Å². The second-order valence-electron chi connectivity index (χ2n) is 3.92. The summed E-state index contributed by atoms with van der Waals surface area (Å²) in [7, 11) is 0. The normalized spacial score (nSPS) is 12.6. The molecule has 0 aliphatic carbocycles. The van der Waals surface area contributed by atoms with Crippen molar-refractivity contribution >= 4 is 11.7 Å². The van der Waals surface area contributed by atoms with Gasteiger partial charge in [-0.25, -0.2) is 0 Å². The Kier molecular flexibility index (Phi) is 4.23. The second kappa shape index (κ2) is 5.89. The lowest BCUT2D eigenvalue weighted by molar-refractivity contribution is 0.620. The van der Waals surface area contributed by atoms with Crippen molar-refractivity contribution < 1.29 is 0 Å². The molecule has 1 atom stereocenters. The Morgan fingerprint density at radius 3 is 2.53 bits per heavy atom. The zero-order chi connectivity index (χ0) is 12.1. The van der Waals surface area contributed by atoms with Gasteiger partial charge >= 0.3 is 0 Å². The third kappa shape index (κ3) is 2.90. The Hall–Kier alpha value is -1.26. The van der Waals surface area contributed by atoms with Gasteiger partial charge < -0.3 is 5.32 Å². The molecule has 0 bridgehead atoms.